The standard InChI is InChI=1S/C25H32FN3O4/c1-18(2)25(30)28(11-12-33-3)16-21-15-27(14-19-7-9-23(10-8-19)29(31)32)17-24(21)20-5-4-6-22(26)13-20/h4-10,13,18,21,24H,11-12,14-17H2,1-3H3/t21-,24-/m1/s1. The van der Waals surface area contributed by atoms with Crippen LogP contribution in [-0.4, -0.2) is 60.5 Å². The van der Waals surface area contributed by atoms with E-state index in [-0.39, 0.29) is 35.2 Å². The Morgan fingerprint density at radius 3 is 2.58 bits per heavy atom. The Labute approximate surface area is 194 Å². The fraction of sp³-hybridized carbons (Fsp3) is 0.480. The molecule has 1 fully saturated rings. The molecular weight excluding hydrogens is 425 g/mol. The third-order valence-electron chi connectivity index (χ3n) is 6.17. The van der Waals surface area contributed by atoms with E-state index in [2.05, 4.69) is 4.90 Å². The van der Waals surface area contributed by atoms with E-state index in [1.807, 2.05) is 24.8 Å². The maximum absolute atomic E-state index is 14.0. The van der Waals surface area contributed by atoms with Gasteiger partial charge in [0.15, 0.2) is 0 Å². The molecule has 0 saturated carbocycles. The number of rotatable bonds is 10. The van der Waals surface area contributed by atoms with Crippen molar-refractivity contribution in [3.05, 3.63) is 75.6 Å². The van der Waals surface area contributed by atoms with E-state index in [1.165, 1.54) is 18.2 Å². The number of hydrogen-bond acceptors (Lipinski definition) is 5. The lowest BCUT2D eigenvalue weighted by molar-refractivity contribution is -0.384. The first kappa shape index (κ1) is 24.8. The van der Waals surface area contributed by atoms with Crippen molar-refractivity contribution in [1.29, 1.82) is 0 Å². The predicted octanol–water partition coefficient (Wildman–Crippen LogP) is 4.08. The molecule has 0 bridgehead atoms. The van der Waals surface area contributed by atoms with Gasteiger partial charge in [0.2, 0.25) is 5.91 Å². The van der Waals surface area contributed by atoms with Crippen LogP contribution in [0.2, 0.25) is 0 Å². The Bertz CT molecular complexity index is 951. The van der Waals surface area contributed by atoms with Crippen molar-refractivity contribution in [3.8, 4) is 0 Å². The van der Waals surface area contributed by atoms with E-state index < -0.39 is 4.92 Å². The van der Waals surface area contributed by atoms with Crippen molar-refractivity contribution in [1.82, 2.24) is 9.80 Å². The van der Waals surface area contributed by atoms with Crippen molar-refractivity contribution >= 4 is 11.6 Å². The molecular formula is C25H32FN3O4. The zero-order valence-electron chi connectivity index (χ0n) is 19.4. The highest BCUT2D eigenvalue weighted by molar-refractivity contribution is 5.78. The second kappa shape index (κ2) is 11.3. The normalized spacial score (nSPS) is 18.6. The van der Waals surface area contributed by atoms with Crippen LogP contribution in [0.25, 0.3) is 0 Å². The zero-order valence-corrected chi connectivity index (χ0v) is 19.4. The molecule has 2 aromatic carbocycles. The van der Waals surface area contributed by atoms with Gasteiger partial charge in [0.1, 0.15) is 5.82 Å². The molecule has 2 aromatic rings. The van der Waals surface area contributed by atoms with E-state index in [1.54, 1.807) is 31.4 Å². The number of nitro groups is 1. The third kappa shape index (κ3) is 6.58. The lowest BCUT2D eigenvalue weighted by Gasteiger charge is -2.29. The molecule has 0 aliphatic carbocycles. The number of amides is 1. The van der Waals surface area contributed by atoms with Crippen molar-refractivity contribution in [3.63, 3.8) is 0 Å². The summed E-state index contributed by atoms with van der Waals surface area (Å²) in [6.45, 7) is 7.43. The number of hydrogen-bond donors (Lipinski definition) is 0. The van der Waals surface area contributed by atoms with Gasteiger partial charge >= 0.3 is 0 Å². The number of ether oxygens (including phenoxy) is 1. The predicted molar refractivity (Wildman–Crippen MR) is 124 cm³/mol. The topological polar surface area (TPSA) is 75.9 Å². The molecule has 3 rings (SSSR count). The van der Waals surface area contributed by atoms with Crippen molar-refractivity contribution < 1.29 is 18.8 Å². The number of nitrogens with zero attached hydrogens (tertiary/aromatic N) is 3. The van der Waals surface area contributed by atoms with Crippen LogP contribution in [0, 0.1) is 27.8 Å². The highest BCUT2D eigenvalue weighted by Gasteiger charge is 2.36. The van der Waals surface area contributed by atoms with Crippen LogP contribution in [0.5, 0.6) is 0 Å². The molecule has 7 nitrogen and oxygen atoms in total. The molecule has 0 N–H and O–H groups in total. The average molecular weight is 458 g/mol. The Balaban J connectivity index is 1.80. The van der Waals surface area contributed by atoms with Gasteiger partial charge < -0.3 is 9.64 Å². The number of non-ortho nitro benzene ring substituents is 1. The molecule has 1 aliphatic heterocycles. The largest absolute Gasteiger partial charge is 0.383 e. The van der Waals surface area contributed by atoms with Gasteiger partial charge in [-0.2, -0.15) is 0 Å². The quantitative estimate of drug-likeness (QED) is 0.397. The van der Waals surface area contributed by atoms with E-state index in [0.717, 1.165) is 24.2 Å². The van der Waals surface area contributed by atoms with Crippen LogP contribution < -0.4 is 0 Å². The van der Waals surface area contributed by atoms with Crippen LogP contribution in [0.1, 0.15) is 30.9 Å². The number of methoxy groups -OCH3 is 1. The molecule has 1 amide bonds. The summed E-state index contributed by atoms with van der Waals surface area (Å²) in [7, 11) is 1.62. The number of likely N-dealkylation sites (tertiary alicyclic amines) is 1. The second-order valence-corrected chi connectivity index (χ2v) is 8.97. The number of halogens is 1. The van der Waals surface area contributed by atoms with Crippen LogP contribution in [0.4, 0.5) is 10.1 Å². The number of nitro benzene ring substituents is 1. The Kier molecular flexibility index (Phi) is 8.52. The van der Waals surface area contributed by atoms with Gasteiger partial charge in [-0.25, -0.2) is 4.39 Å². The summed E-state index contributed by atoms with van der Waals surface area (Å²) < 4.78 is 19.2. The number of benzene rings is 2. The molecule has 0 spiro atoms. The van der Waals surface area contributed by atoms with Crippen LogP contribution >= 0.6 is 0 Å². The molecule has 0 radical (unpaired) electrons. The summed E-state index contributed by atoms with van der Waals surface area (Å²) in [5.41, 5.74) is 1.97. The molecule has 33 heavy (non-hydrogen) atoms. The van der Waals surface area contributed by atoms with Gasteiger partial charge in [-0.3, -0.25) is 19.8 Å². The minimum atomic E-state index is -0.407. The van der Waals surface area contributed by atoms with Gasteiger partial charge in [0.25, 0.3) is 5.69 Å². The Morgan fingerprint density at radius 1 is 1.24 bits per heavy atom. The lowest BCUT2D eigenvalue weighted by atomic mass is 9.88. The van der Waals surface area contributed by atoms with Crippen LogP contribution in [0.3, 0.4) is 0 Å². The minimum Gasteiger partial charge on any atom is -0.383 e. The lowest BCUT2D eigenvalue weighted by Crippen LogP contribution is -2.41. The molecule has 1 aliphatic rings. The van der Waals surface area contributed by atoms with Gasteiger partial charge in [-0.1, -0.05) is 38.1 Å². The number of carbonyl (C=O) groups is 1. The highest BCUT2D eigenvalue weighted by Crippen LogP contribution is 2.35. The van der Waals surface area contributed by atoms with Crippen molar-refractivity contribution in [2.24, 2.45) is 11.8 Å². The first-order valence-electron chi connectivity index (χ1n) is 11.3. The third-order valence-corrected chi connectivity index (χ3v) is 6.17. The molecule has 8 heteroatoms. The fourth-order valence-corrected chi connectivity index (χ4v) is 4.51. The molecule has 1 heterocycles. The monoisotopic (exact) mass is 457 g/mol. The van der Waals surface area contributed by atoms with Crippen molar-refractivity contribution in [2.45, 2.75) is 26.3 Å². The SMILES string of the molecule is COCCN(C[C@H]1CN(Cc2ccc([N+](=O)[O-])cc2)C[C@@H]1c1cccc(F)c1)C(=O)C(C)C. The Hall–Kier alpha value is -2.84. The highest BCUT2D eigenvalue weighted by atomic mass is 19.1. The van der Waals surface area contributed by atoms with Crippen molar-refractivity contribution in [2.75, 3.05) is 39.9 Å². The van der Waals surface area contributed by atoms with Crippen LogP contribution in [0.15, 0.2) is 48.5 Å². The summed E-state index contributed by atoms with van der Waals surface area (Å²) in [6.07, 6.45) is 0. The second-order valence-electron chi connectivity index (χ2n) is 8.97. The first-order chi connectivity index (χ1) is 15.8. The number of carbonyl (C=O) groups excluding carboxylic acids is 1. The fourth-order valence-electron chi connectivity index (χ4n) is 4.51. The zero-order chi connectivity index (χ0) is 24.0. The molecule has 0 unspecified atom stereocenters. The van der Waals surface area contributed by atoms with Crippen LogP contribution in [-0.2, 0) is 16.1 Å². The van der Waals surface area contributed by atoms with Gasteiger partial charge in [-0.15, -0.1) is 0 Å². The minimum absolute atomic E-state index is 0.0664. The molecule has 1 saturated heterocycles. The smallest absolute Gasteiger partial charge is 0.269 e. The summed E-state index contributed by atoms with van der Waals surface area (Å²) in [5, 5.41) is 10.9. The molecule has 178 valence electrons. The van der Waals surface area contributed by atoms with E-state index in [4.69, 9.17) is 4.74 Å². The summed E-state index contributed by atoms with van der Waals surface area (Å²) in [6, 6.07) is 13.3. The average Bonchev–Trinajstić information content (AvgIpc) is 3.18. The molecule has 2 atom stereocenters. The first-order valence-corrected chi connectivity index (χ1v) is 11.3. The summed E-state index contributed by atoms with van der Waals surface area (Å²) >= 11 is 0. The van der Waals surface area contributed by atoms with E-state index in [0.29, 0.717) is 26.2 Å². The maximum Gasteiger partial charge on any atom is 0.269 e. The summed E-state index contributed by atoms with van der Waals surface area (Å²) in [4.78, 5) is 27.5. The Morgan fingerprint density at radius 2 is 1.97 bits per heavy atom. The van der Waals surface area contributed by atoms with Gasteiger partial charge in [0.05, 0.1) is 11.5 Å². The summed E-state index contributed by atoms with van der Waals surface area (Å²) in [5.74, 6) is -0.103. The molecule has 0 aromatic heterocycles. The van der Waals surface area contributed by atoms with Gasteiger partial charge in [-0.05, 0) is 29.2 Å². The maximum atomic E-state index is 14.0. The van der Waals surface area contributed by atoms with Gasteiger partial charge in [0, 0.05) is 63.8 Å². The van der Waals surface area contributed by atoms with E-state index in [9.17, 15) is 19.3 Å². The van der Waals surface area contributed by atoms with E-state index >= 15 is 0 Å².